The molecule has 19 heavy (non-hydrogen) atoms. The van der Waals surface area contributed by atoms with E-state index in [4.69, 9.17) is 9.15 Å². The van der Waals surface area contributed by atoms with E-state index in [1.165, 1.54) is 0 Å². The van der Waals surface area contributed by atoms with Gasteiger partial charge in [0.05, 0.1) is 12.6 Å². The van der Waals surface area contributed by atoms with Crippen molar-refractivity contribution in [3.63, 3.8) is 0 Å². The van der Waals surface area contributed by atoms with Crippen LogP contribution in [0, 0.1) is 5.92 Å². The predicted molar refractivity (Wildman–Crippen MR) is 79.3 cm³/mol. The highest BCUT2D eigenvalue weighted by atomic mass is 79.9. The van der Waals surface area contributed by atoms with Crippen LogP contribution in [-0.4, -0.2) is 19.8 Å². The molecule has 0 amide bonds. The monoisotopic (exact) mass is 323 g/mol. The van der Waals surface area contributed by atoms with Crippen molar-refractivity contribution in [2.24, 2.45) is 5.92 Å². The van der Waals surface area contributed by atoms with Crippen molar-refractivity contribution in [3.05, 3.63) is 34.5 Å². The molecule has 1 aliphatic rings. The number of furan rings is 1. The summed E-state index contributed by atoms with van der Waals surface area (Å²) in [5.74, 6) is 1.63. The highest BCUT2D eigenvalue weighted by molar-refractivity contribution is 9.10. The summed E-state index contributed by atoms with van der Waals surface area (Å²) in [6.45, 7) is 4.91. The molecule has 0 saturated carbocycles. The molecular formula is C15H18BrNO2. The summed E-state index contributed by atoms with van der Waals surface area (Å²) in [6, 6.07) is 8.43. The number of nitrogens with one attached hydrogen (secondary N) is 1. The van der Waals surface area contributed by atoms with Gasteiger partial charge in [0, 0.05) is 23.0 Å². The van der Waals surface area contributed by atoms with Gasteiger partial charge in [0.1, 0.15) is 11.3 Å². The first-order chi connectivity index (χ1) is 9.22. The van der Waals surface area contributed by atoms with E-state index in [1.807, 2.05) is 12.1 Å². The summed E-state index contributed by atoms with van der Waals surface area (Å²) in [6.07, 6.45) is 1.16. The van der Waals surface area contributed by atoms with E-state index in [2.05, 4.69) is 40.3 Å². The van der Waals surface area contributed by atoms with Crippen molar-refractivity contribution in [2.45, 2.75) is 19.4 Å². The number of rotatable bonds is 4. The first kappa shape index (κ1) is 13.2. The van der Waals surface area contributed by atoms with Gasteiger partial charge in [0.25, 0.3) is 0 Å². The average molecular weight is 324 g/mol. The minimum absolute atomic E-state index is 0.228. The molecule has 1 aliphatic heterocycles. The summed E-state index contributed by atoms with van der Waals surface area (Å²) >= 11 is 3.48. The van der Waals surface area contributed by atoms with Gasteiger partial charge in [-0.1, -0.05) is 15.9 Å². The van der Waals surface area contributed by atoms with Gasteiger partial charge in [-0.3, -0.25) is 0 Å². The number of hydrogen-bond donors (Lipinski definition) is 1. The molecule has 1 N–H and O–H groups in total. The summed E-state index contributed by atoms with van der Waals surface area (Å²) in [5, 5.41) is 4.67. The number of halogens is 1. The molecule has 3 nitrogen and oxygen atoms in total. The summed E-state index contributed by atoms with van der Waals surface area (Å²) in [5.41, 5.74) is 0.941. The van der Waals surface area contributed by atoms with E-state index in [1.54, 1.807) is 0 Å². The Morgan fingerprint density at radius 2 is 2.32 bits per heavy atom. The third kappa shape index (κ3) is 3.02. The van der Waals surface area contributed by atoms with Crippen LogP contribution in [0.3, 0.4) is 0 Å². The SMILES string of the molecule is CC(NCC1CCOC1)c1cc2cc(Br)ccc2o1. The van der Waals surface area contributed by atoms with E-state index >= 15 is 0 Å². The van der Waals surface area contributed by atoms with E-state index in [0.717, 1.165) is 47.4 Å². The topological polar surface area (TPSA) is 34.4 Å². The van der Waals surface area contributed by atoms with E-state index < -0.39 is 0 Å². The van der Waals surface area contributed by atoms with Crippen LogP contribution < -0.4 is 5.32 Å². The van der Waals surface area contributed by atoms with E-state index in [-0.39, 0.29) is 6.04 Å². The second kappa shape index (κ2) is 5.65. The zero-order chi connectivity index (χ0) is 13.2. The van der Waals surface area contributed by atoms with Gasteiger partial charge in [0.2, 0.25) is 0 Å². The van der Waals surface area contributed by atoms with Crippen LogP contribution in [0.5, 0.6) is 0 Å². The van der Waals surface area contributed by atoms with E-state index in [9.17, 15) is 0 Å². The lowest BCUT2D eigenvalue weighted by atomic mass is 10.1. The average Bonchev–Trinajstić information content (AvgIpc) is 3.04. The maximum atomic E-state index is 5.89. The minimum Gasteiger partial charge on any atom is -0.459 e. The van der Waals surface area contributed by atoms with Crippen LogP contribution in [0.2, 0.25) is 0 Å². The Kier molecular flexibility index (Phi) is 3.91. The maximum Gasteiger partial charge on any atom is 0.134 e. The number of hydrogen-bond acceptors (Lipinski definition) is 3. The largest absolute Gasteiger partial charge is 0.459 e. The first-order valence-electron chi connectivity index (χ1n) is 6.72. The van der Waals surface area contributed by atoms with Crippen molar-refractivity contribution >= 4 is 26.9 Å². The van der Waals surface area contributed by atoms with Crippen LogP contribution >= 0.6 is 15.9 Å². The Bertz CT molecular complexity index is 560. The normalized spacial score (nSPS) is 21.1. The lowest BCUT2D eigenvalue weighted by Crippen LogP contribution is -2.25. The minimum atomic E-state index is 0.228. The maximum absolute atomic E-state index is 5.89. The highest BCUT2D eigenvalue weighted by Gasteiger charge is 2.18. The lowest BCUT2D eigenvalue weighted by molar-refractivity contribution is 0.184. The molecule has 1 saturated heterocycles. The molecule has 3 rings (SSSR count). The quantitative estimate of drug-likeness (QED) is 0.927. The zero-order valence-corrected chi connectivity index (χ0v) is 12.6. The van der Waals surface area contributed by atoms with Gasteiger partial charge in [-0.05, 0) is 43.5 Å². The van der Waals surface area contributed by atoms with Gasteiger partial charge < -0.3 is 14.5 Å². The molecular weight excluding hydrogens is 306 g/mol. The van der Waals surface area contributed by atoms with Crippen molar-refractivity contribution in [2.75, 3.05) is 19.8 Å². The fraction of sp³-hybridized carbons (Fsp3) is 0.467. The first-order valence-corrected chi connectivity index (χ1v) is 7.52. The molecule has 1 aromatic heterocycles. The number of fused-ring (bicyclic) bond motifs is 1. The lowest BCUT2D eigenvalue weighted by Gasteiger charge is -2.14. The van der Waals surface area contributed by atoms with Crippen molar-refractivity contribution < 1.29 is 9.15 Å². The predicted octanol–water partition coefficient (Wildman–Crippen LogP) is 3.88. The molecule has 2 aromatic rings. The molecule has 2 atom stereocenters. The number of ether oxygens (including phenoxy) is 1. The highest BCUT2D eigenvalue weighted by Crippen LogP contribution is 2.26. The van der Waals surface area contributed by atoms with Crippen LogP contribution in [0.4, 0.5) is 0 Å². The van der Waals surface area contributed by atoms with Gasteiger partial charge in [-0.2, -0.15) is 0 Å². The molecule has 102 valence electrons. The molecule has 0 spiro atoms. The van der Waals surface area contributed by atoms with Crippen molar-refractivity contribution in [3.8, 4) is 0 Å². The van der Waals surface area contributed by atoms with Crippen LogP contribution in [-0.2, 0) is 4.74 Å². The molecule has 4 heteroatoms. The summed E-state index contributed by atoms with van der Waals surface area (Å²) < 4.78 is 12.4. The molecule has 1 aromatic carbocycles. The fourth-order valence-electron chi connectivity index (χ4n) is 2.44. The Morgan fingerprint density at radius 1 is 1.42 bits per heavy atom. The second-order valence-electron chi connectivity index (χ2n) is 5.19. The molecule has 0 aliphatic carbocycles. The molecule has 2 heterocycles. The fourth-order valence-corrected chi connectivity index (χ4v) is 2.82. The summed E-state index contributed by atoms with van der Waals surface area (Å²) in [7, 11) is 0. The molecule has 1 fully saturated rings. The third-order valence-electron chi connectivity index (χ3n) is 3.66. The second-order valence-corrected chi connectivity index (χ2v) is 6.11. The Labute approximate surface area is 121 Å². The summed E-state index contributed by atoms with van der Waals surface area (Å²) in [4.78, 5) is 0. The molecule has 0 radical (unpaired) electrons. The molecule has 2 unspecified atom stereocenters. The van der Waals surface area contributed by atoms with Gasteiger partial charge >= 0.3 is 0 Å². The van der Waals surface area contributed by atoms with Crippen LogP contribution in [0.15, 0.2) is 33.2 Å². The van der Waals surface area contributed by atoms with Gasteiger partial charge in [-0.25, -0.2) is 0 Å². The standard InChI is InChI=1S/C15H18BrNO2/c1-10(17-8-11-4-5-18-9-11)15-7-12-6-13(16)2-3-14(12)19-15/h2-3,6-7,10-11,17H,4-5,8-9H2,1H3. The van der Waals surface area contributed by atoms with Crippen LogP contribution in [0.25, 0.3) is 11.0 Å². The Hall–Kier alpha value is -0.840. The smallest absolute Gasteiger partial charge is 0.134 e. The van der Waals surface area contributed by atoms with E-state index in [0.29, 0.717) is 5.92 Å². The molecule has 0 bridgehead atoms. The van der Waals surface area contributed by atoms with Crippen molar-refractivity contribution in [1.82, 2.24) is 5.32 Å². The van der Waals surface area contributed by atoms with Gasteiger partial charge in [-0.15, -0.1) is 0 Å². The van der Waals surface area contributed by atoms with Crippen LogP contribution in [0.1, 0.15) is 25.1 Å². The number of benzene rings is 1. The van der Waals surface area contributed by atoms with Crippen molar-refractivity contribution in [1.29, 1.82) is 0 Å². The van der Waals surface area contributed by atoms with Gasteiger partial charge in [0.15, 0.2) is 0 Å². The zero-order valence-electron chi connectivity index (χ0n) is 11.0. The third-order valence-corrected chi connectivity index (χ3v) is 4.15. The Balaban J connectivity index is 1.68. The Morgan fingerprint density at radius 3 is 3.11 bits per heavy atom.